The lowest BCUT2D eigenvalue weighted by Crippen LogP contribution is -2.30. The summed E-state index contributed by atoms with van der Waals surface area (Å²) < 4.78 is 5.66. The molecule has 1 aliphatic rings. The van der Waals surface area contributed by atoms with Crippen molar-refractivity contribution in [2.45, 2.75) is 45.3 Å². The van der Waals surface area contributed by atoms with Gasteiger partial charge in [0, 0.05) is 31.9 Å². The van der Waals surface area contributed by atoms with Crippen molar-refractivity contribution in [3.63, 3.8) is 0 Å². The summed E-state index contributed by atoms with van der Waals surface area (Å²) in [5.74, 6) is 1.05. The van der Waals surface area contributed by atoms with Crippen LogP contribution in [-0.4, -0.2) is 36.8 Å². The standard InChI is InChI=1S/C15H25N3O/c1-3-14(16)9-13-5-6-15(17-10-13)18-7-4-8-19-12(2)11-18/h5-6,10,12,14H,3-4,7-9,11,16H2,1-2H3. The zero-order chi connectivity index (χ0) is 13.7. The molecule has 0 spiro atoms. The second-order valence-corrected chi connectivity index (χ2v) is 5.38. The normalized spacial score (nSPS) is 22.1. The van der Waals surface area contributed by atoms with E-state index in [2.05, 4.69) is 35.9 Å². The number of ether oxygens (including phenoxy) is 1. The highest BCUT2D eigenvalue weighted by Gasteiger charge is 2.16. The van der Waals surface area contributed by atoms with Crippen LogP contribution < -0.4 is 10.6 Å². The Morgan fingerprint density at radius 2 is 2.37 bits per heavy atom. The molecule has 0 saturated carbocycles. The summed E-state index contributed by atoms with van der Waals surface area (Å²) in [6.07, 6.45) is 5.21. The molecule has 1 aromatic rings. The summed E-state index contributed by atoms with van der Waals surface area (Å²) in [4.78, 5) is 6.89. The molecule has 1 aromatic heterocycles. The zero-order valence-electron chi connectivity index (χ0n) is 12.0. The van der Waals surface area contributed by atoms with Crippen molar-refractivity contribution in [2.75, 3.05) is 24.6 Å². The zero-order valence-corrected chi connectivity index (χ0v) is 12.0. The van der Waals surface area contributed by atoms with Crippen molar-refractivity contribution in [2.24, 2.45) is 5.73 Å². The third-order valence-corrected chi connectivity index (χ3v) is 3.61. The van der Waals surface area contributed by atoms with E-state index in [0.29, 0.717) is 0 Å². The third-order valence-electron chi connectivity index (χ3n) is 3.61. The van der Waals surface area contributed by atoms with Crippen molar-refractivity contribution < 1.29 is 4.74 Å². The number of pyridine rings is 1. The summed E-state index contributed by atoms with van der Waals surface area (Å²) in [5.41, 5.74) is 7.19. The van der Waals surface area contributed by atoms with Crippen LogP contribution in [-0.2, 0) is 11.2 Å². The average Bonchev–Trinajstić information content (AvgIpc) is 2.64. The monoisotopic (exact) mass is 263 g/mol. The lowest BCUT2D eigenvalue weighted by Gasteiger charge is -2.23. The quantitative estimate of drug-likeness (QED) is 0.902. The molecule has 1 saturated heterocycles. The predicted octanol–water partition coefficient (Wildman–Crippen LogP) is 1.98. The molecule has 4 heteroatoms. The molecule has 0 radical (unpaired) electrons. The van der Waals surface area contributed by atoms with E-state index in [-0.39, 0.29) is 12.1 Å². The van der Waals surface area contributed by atoms with Crippen molar-refractivity contribution in [1.82, 2.24) is 4.98 Å². The van der Waals surface area contributed by atoms with Gasteiger partial charge in [-0.05, 0) is 37.8 Å². The van der Waals surface area contributed by atoms with Crippen LogP contribution in [0, 0.1) is 0 Å². The number of anilines is 1. The average molecular weight is 263 g/mol. The van der Waals surface area contributed by atoms with Gasteiger partial charge in [0.2, 0.25) is 0 Å². The number of nitrogens with zero attached hydrogens (tertiary/aromatic N) is 2. The molecule has 2 rings (SSSR count). The lowest BCUT2D eigenvalue weighted by molar-refractivity contribution is 0.0820. The van der Waals surface area contributed by atoms with Gasteiger partial charge in [0.05, 0.1) is 6.10 Å². The molecular weight excluding hydrogens is 238 g/mol. The Labute approximate surface area is 116 Å². The molecule has 19 heavy (non-hydrogen) atoms. The van der Waals surface area contributed by atoms with Crippen molar-refractivity contribution in [3.05, 3.63) is 23.9 Å². The molecule has 2 unspecified atom stereocenters. The maximum Gasteiger partial charge on any atom is 0.128 e. The van der Waals surface area contributed by atoms with Crippen LogP contribution >= 0.6 is 0 Å². The molecule has 2 heterocycles. The van der Waals surface area contributed by atoms with E-state index in [1.54, 1.807) is 0 Å². The van der Waals surface area contributed by atoms with E-state index < -0.39 is 0 Å². The minimum absolute atomic E-state index is 0.235. The van der Waals surface area contributed by atoms with Crippen LogP contribution in [0.4, 0.5) is 5.82 Å². The first-order valence-corrected chi connectivity index (χ1v) is 7.26. The molecule has 0 bridgehead atoms. The first-order chi connectivity index (χ1) is 9.19. The summed E-state index contributed by atoms with van der Waals surface area (Å²) in [6.45, 7) is 7.02. The van der Waals surface area contributed by atoms with Gasteiger partial charge >= 0.3 is 0 Å². The fraction of sp³-hybridized carbons (Fsp3) is 0.667. The minimum atomic E-state index is 0.235. The number of rotatable bonds is 4. The fourth-order valence-corrected chi connectivity index (χ4v) is 2.37. The molecule has 2 atom stereocenters. The number of hydrogen-bond donors (Lipinski definition) is 1. The Morgan fingerprint density at radius 1 is 1.53 bits per heavy atom. The van der Waals surface area contributed by atoms with Crippen LogP contribution in [0.3, 0.4) is 0 Å². The highest BCUT2D eigenvalue weighted by molar-refractivity contribution is 5.39. The van der Waals surface area contributed by atoms with Gasteiger partial charge in [0.1, 0.15) is 5.82 Å². The minimum Gasteiger partial charge on any atom is -0.377 e. The SMILES string of the molecule is CCC(N)Cc1ccc(N2CCCOC(C)C2)nc1. The van der Waals surface area contributed by atoms with E-state index in [9.17, 15) is 0 Å². The highest BCUT2D eigenvalue weighted by Crippen LogP contribution is 2.16. The maximum absolute atomic E-state index is 5.97. The number of nitrogens with two attached hydrogens (primary N) is 1. The largest absolute Gasteiger partial charge is 0.377 e. The lowest BCUT2D eigenvalue weighted by atomic mass is 10.1. The first-order valence-electron chi connectivity index (χ1n) is 7.26. The molecule has 106 valence electrons. The molecule has 2 N–H and O–H groups in total. The summed E-state index contributed by atoms with van der Waals surface area (Å²) in [6, 6.07) is 4.49. The first kappa shape index (κ1) is 14.3. The van der Waals surface area contributed by atoms with E-state index in [4.69, 9.17) is 10.5 Å². The van der Waals surface area contributed by atoms with E-state index in [0.717, 1.165) is 44.8 Å². The molecular formula is C15H25N3O. The summed E-state index contributed by atoms with van der Waals surface area (Å²) >= 11 is 0. The van der Waals surface area contributed by atoms with Gasteiger partial charge < -0.3 is 15.4 Å². The van der Waals surface area contributed by atoms with E-state index in [1.165, 1.54) is 5.56 Å². The van der Waals surface area contributed by atoms with Crippen LogP contribution in [0.15, 0.2) is 18.3 Å². The van der Waals surface area contributed by atoms with E-state index in [1.807, 2.05) is 6.20 Å². The van der Waals surface area contributed by atoms with Crippen LogP contribution in [0.2, 0.25) is 0 Å². The van der Waals surface area contributed by atoms with Crippen LogP contribution in [0.25, 0.3) is 0 Å². The van der Waals surface area contributed by atoms with Crippen LogP contribution in [0.1, 0.15) is 32.3 Å². The fourth-order valence-electron chi connectivity index (χ4n) is 2.37. The molecule has 0 aliphatic carbocycles. The van der Waals surface area contributed by atoms with Crippen molar-refractivity contribution in [1.29, 1.82) is 0 Å². The number of hydrogen-bond acceptors (Lipinski definition) is 4. The van der Waals surface area contributed by atoms with Crippen molar-refractivity contribution >= 4 is 5.82 Å². The second-order valence-electron chi connectivity index (χ2n) is 5.38. The van der Waals surface area contributed by atoms with E-state index >= 15 is 0 Å². The number of aromatic nitrogens is 1. The molecule has 0 aromatic carbocycles. The van der Waals surface area contributed by atoms with Crippen molar-refractivity contribution in [3.8, 4) is 0 Å². The molecule has 4 nitrogen and oxygen atoms in total. The predicted molar refractivity (Wildman–Crippen MR) is 78.5 cm³/mol. The van der Waals surface area contributed by atoms with Gasteiger partial charge in [-0.1, -0.05) is 13.0 Å². The van der Waals surface area contributed by atoms with Gasteiger partial charge in [-0.15, -0.1) is 0 Å². The second kappa shape index (κ2) is 6.87. The Hall–Kier alpha value is -1.13. The third kappa shape index (κ3) is 4.18. The maximum atomic E-state index is 5.97. The molecule has 1 fully saturated rings. The Bertz CT molecular complexity index is 379. The van der Waals surface area contributed by atoms with Gasteiger partial charge in [-0.2, -0.15) is 0 Å². The topological polar surface area (TPSA) is 51.4 Å². The Morgan fingerprint density at radius 3 is 3.05 bits per heavy atom. The molecule has 1 aliphatic heterocycles. The molecule has 0 amide bonds. The van der Waals surface area contributed by atoms with Gasteiger partial charge in [0.15, 0.2) is 0 Å². The Kier molecular flexibility index (Phi) is 5.16. The highest BCUT2D eigenvalue weighted by atomic mass is 16.5. The smallest absolute Gasteiger partial charge is 0.128 e. The van der Waals surface area contributed by atoms with Crippen LogP contribution in [0.5, 0.6) is 0 Å². The summed E-state index contributed by atoms with van der Waals surface area (Å²) in [5, 5.41) is 0. The van der Waals surface area contributed by atoms with Gasteiger partial charge in [0.25, 0.3) is 0 Å². The Balaban J connectivity index is 2.00. The van der Waals surface area contributed by atoms with Gasteiger partial charge in [-0.3, -0.25) is 0 Å². The van der Waals surface area contributed by atoms with Gasteiger partial charge in [-0.25, -0.2) is 4.98 Å². The summed E-state index contributed by atoms with van der Waals surface area (Å²) in [7, 11) is 0.